The molecule has 0 bridgehead atoms. The summed E-state index contributed by atoms with van der Waals surface area (Å²) < 4.78 is 5.83. The van der Waals surface area contributed by atoms with Gasteiger partial charge in [-0.2, -0.15) is 0 Å². The molecule has 2 aliphatic rings. The molecule has 2 aliphatic heterocycles. The molecule has 1 atom stereocenters. The van der Waals surface area contributed by atoms with Gasteiger partial charge in [0.15, 0.2) is 0 Å². The number of nitrogens with zero attached hydrogens (tertiary/aromatic N) is 1. The van der Waals surface area contributed by atoms with E-state index in [0.29, 0.717) is 11.8 Å². The second-order valence-electron chi connectivity index (χ2n) is 5.95. The minimum absolute atomic E-state index is 0.245. The van der Waals surface area contributed by atoms with Gasteiger partial charge in [0.05, 0.1) is 6.10 Å². The molecule has 4 nitrogen and oxygen atoms in total. The van der Waals surface area contributed by atoms with Crippen molar-refractivity contribution in [3.05, 3.63) is 0 Å². The Hall–Kier alpha value is -0.610. The molecule has 4 heteroatoms. The van der Waals surface area contributed by atoms with Gasteiger partial charge in [0.1, 0.15) is 0 Å². The Morgan fingerprint density at radius 3 is 2.72 bits per heavy atom. The maximum absolute atomic E-state index is 12.3. The smallest absolute Gasteiger partial charge is 0.225 e. The Bertz CT molecular complexity index is 275. The highest BCUT2D eigenvalue weighted by Crippen LogP contribution is 2.20. The molecule has 0 spiro atoms. The van der Waals surface area contributed by atoms with E-state index in [1.165, 1.54) is 0 Å². The second kappa shape index (κ2) is 6.53. The monoisotopic (exact) mass is 254 g/mol. The summed E-state index contributed by atoms with van der Waals surface area (Å²) in [6, 6.07) is 0. The molecule has 0 radical (unpaired) electrons. The summed E-state index contributed by atoms with van der Waals surface area (Å²) in [7, 11) is 0. The number of ether oxygens (including phenoxy) is 1. The van der Waals surface area contributed by atoms with Gasteiger partial charge >= 0.3 is 0 Å². The van der Waals surface area contributed by atoms with Crippen LogP contribution in [0.2, 0.25) is 0 Å². The number of piperidine rings is 1. The highest BCUT2D eigenvalue weighted by atomic mass is 16.5. The molecule has 1 N–H and O–H groups in total. The first kappa shape index (κ1) is 13.8. The van der Waals surface area contributed by atoms with Crippen molar-refractivity contribution < 1.29 is 9.53 Å². The number of hydrogen-bond donors (Lipinski definition) is 1. The lowest BCUT2D eigenvalue weighted by Crippen LogP contribution is -2.40. The van der Waals surface area contributed by atoms with Crippen LogP contribution < -0.4 is 5.32 Å². The highest BCUT2D eigenvalue weighted by molar-refractivity contribution is 5.79. The number of carbonyl (C=O) groups is 1. The SMILES string of the molecule is CC(C)COC1CCN(C(=O)C2CCNCC2)C1. The van der Waals surface area contributed by atoms with E-state index in [0.717, 1.165) is 52.0 Å². The van der Waals surface area contributed by atoms with Gasteiger partial charge < -0.3 is 15.0 Å². The molecule has 0 aromatic heterocycles. The number of carbonyl (C=O) groups excluding carboxylic acids is 1. The first-order chi connectivity index (χ1) is 8.66. The van der Waals surface area contributed by atoms with Crippen LogP contribution in [0, 0.1) is 11.8 Å². The maximum atomic E-state index is 12.3. The number of rotatable bonds is 4. The molecular formula is C14H26N2O2. The number of nitrogens with one attached hydrogen (secondary N) is 1. The van der Waals surface area contributed by atoms with Crippen LogP contribution in [0.25, 0.3) is 0 Å². The molecule has 1 amide bonds. The van der Waals surface area contributed by atoms with Crippen LogP contribution in [0.15, 0.2) is 0 Å². The van der Waals surface area contributed by atoms with Gasteiger partial charge in [-0.05, 0) is 38.3 Å². The van der Waals surface area contributed by atoms with Crippen LogP contribution in [-0.4, -0.2) is 49.7 Å². The predicted octanol–water partition coefficient (Wildman–Crippen LogP) is 1.26. The molecule has 0 aromatic carbocycles. The van der Waals surface area contributed by atoms with E-state index in [9.17, 15) is 4.79 Å². The molecule has 0 aliphatic carbocycles. The third kappa shape index (κ3) is 3.69. The average molecular weight is 254 g/mol. The maximum Gasteiger partial charge on any atom is 0.225 e. The van der Waals surface area contributed by atoms with Crippen molar-refractivity contribution in [2.75, 3.05) is 32.8 Å². The van der Waals surface area contributed by atoms with Gasteiger partial charge in [-0.15, -0.1) is 0 Å². The molecule has 0 aromatic rings. The minimum atomic E-state index is 0.245. The van der Waals surface area contributed by atoms with E-state index in [1.54, 1.807) is 0 Å². The fraction of sp³-hybridized carbons (Fsp3) is 0.929. The van der Waals surface area contributed by atoms with Gasteiger partial charge in [-0.25, -0.2) is 0 Å². The van der Waals surface area contributed by atoms with Crippen LogP contribution in [0.1, 0.15) is 33.1 Å². The third-order valence-electron chi connectivity index (χ3n) is 3.81. The highest BCUT2D eigenvalue weighted by Gasteiger charge is 2.31. The van der Waals surface area contributed by atoms with E-state index in [2.05, 4.69) is 19.2 Å². The normalized spacial score (nSPS) is 25.9. The van der Waals surface area contributed by atoms with Gasteiger partial charge in [0.25, 0.3) is 0 Å². The van der Waals surface area contributed by atoms with Gasteiger partial charge in [-0.1, -0.05) is 13.8 Å². The first-order valence-corrected chi connectivity index (χ1v) is 7.28. The summed E-state index contributed by atoms with van der Waals surface area (Å²) >= 11 is 0. The third-order valence-corrected chi connectivity index (χ3v) is 3.81. The van der Waals surface area contributed by atoms with Gasteiger partial charge in [-0.3, -0.25) is 4.79 Å². The Kier molecular flexibility index (Phi) is 5.01. The molecule has 2 saturated heterocycles. The number of hydrogen-bond acceptors (Lipinski definition) is 3. The fourth-order valence-electron chi connectivity index (χ4n) is 2.72. The van der Waals surface area contributed by atoms with Crippen molar-refractivity contribution >= 4 is 5.91 Å². The summed E-state index contributed by atoms with van der Waals surface area (Å²) in [6.45, 7) is 8.77. The molecule has 18 heavy (non-hydrogen) atoms. The van der Waals surface area contributed by atoms with E-state index in [1.807, 2.05) is 4.90 Å². The zero-order valence-electron chi connectivity index (χ0n) is 11.7. The van der Waals surface area contributed by atoms with E-state index in [-0.39, 0.29) is 12.0 Å². The zero-order chi connectivity index (χ0) is 13.0. The average Bonchev–Trinajstić information content (AvgIpc) is 2.85. The van der Waals surface area contributed by atoms with Crippen molar-refractivity contribution in [1.29, 1.82) is 0 Å². The topological polar surface area (TPSA) is 41.6 Å². The Labute approximate surface area is 110 Å². The summed E-state index contributed by atoms with van der Waals surface area (Å²) in [5.41, 5.74) is 0. The van der Waals surface area contributed by atoms with Crippen LogP contribution in [0.4, 0.5) is 0 Å². The Balaban J connectivity index is 1.75. The lowest BCUT2D eigenvalue weighted by molar-refractivity contribution is -0.135. The molecular weight excluding hydrogens is 228 g/mol. The lowest BCUT2D eigenvalue weighted by atomic mass is 9.97. The second-order valence-corrected chi connectivity index (χ2v) is 5.95. The Morgan fingerprint density at radius 2 is 2.06 bits per heavy atom. The van der Waals surface area contributed by atoms with Gasteiger partial charge in [0.2, 0.25) is 5.91 Å². The minimum Gasteiger partial charge on any atom is -0.376 e. The molecule has 104 valence electrons. The van der Waals surface area contributed by atoms with Gasteiger partial charge in [0, 0.05) is 25.6 Å². The van der Waals surface area contributed by atoms with Crippen molar-refractivity contribution in [2.45, 2.75) is 39.2 Å². The van der Waals surface area contributed by atoms with Crippen LogP contribution in [-0.2, 0) is 9.53 Å². The Morgan fingerprint density at radius 1 is 1.33 bits per heavy atom. The quantitative estimate of drug-likeness (QED) is 0.821. The van der Waals surface area contributed by atoms with Crippen LogP contribution in [0.3, 0.4) is 0 Å². The first-order valence-electron chi connectivity index (χ1n) is 7.28. The lowest BCUT2D eigenvalue weighted by Gasteiger charge is -2.26. The summed E-state index contributed by atoms with van der Waals surface area (Å²) in [6.07, 6.45) is 3.25. The number of likely N-dealkylation sites (tertiary alicyclic amines) is 1. The predicted molar refractivity (Wildman–Crippen MR) is 71.4 cm³/mol. The summed E-state index contributed by atoms with van der Waals surface area (Å²) in [5.74, 6) is 1.17. The molecule has 2 fully saturated rings. The van der Waals surface area contributed by atoms with Crippen LogP contribution >= 0.6 is 0 Å². The standard InChI is InChI=1S/C14H26N2O2/c1-11(2)10-18-13-5-8-16(9-13)14(17)12-3-6-15-7-4-12/h11-13,15H,3-10H2,1-2H3. The van der Waals surface area contributed by atoms with Crippen molar-refractivity contribution in [2.24, 2.45) is 11.8 Å². The number of amides is 1. The van der Waals surface area contributed by atoms with Crippen molar-refractivity contribution in [3.63, 3.8) is 0 Å². The molecule has 0 saturated carbocycles. The van der Waals surface area contributed by atoms with Crippen molar-refractivity contribution in [3.8, 4) is 0 Å². The summed E-state index contributed by atoms with van der Waals surface area (Å²) in [5, 5.41) is 3.31. The summed E-state index contributed by atoms with van der Waals surface area (Å²) in [4.78, 5) is 14.3. The van der Waals surface area contributed by atoms with E-state index >= 15 is 0 Å². The van der Waals surface area contributed by atoms with Crippen LogP contribution in [0.5, 0.6) is 0 Å². The molecule has 2 heterocycles. The van der Waals surface area contributed by atoms with E-state index in [4.69, 9.17) is 4.74 Å². The fourth-order valence-corrected chi connectivity index (χ4v) is 2.72. The van der Waals surface area contributed by atoms with Crippen molar-refractivity contribution in [1.82, 2.24) is 10.2 Å². The molecule has 1 unspecified atom stereocenters. The van der Waals surface area contributed by atoms with E-state index < -0.39 is 0 Å². The molecule has 2 rings (SSSR count). The largest absolute Gasteiger partial charge is 0.376 e. The zero-order valence-corrected chi connectivity index (χ0v) is 11.7.